The van der Waals surface area contributed by atoms with Crippen LogP contribution in [0.15, 0.2) is 18.2 Å². The Bertz CT molecular complexity index is 473. The van der Waals surface area contributed by atoms with Gasteiger partial charge in [-0.15, -0.1) is 0 Å². The van der Waals surface area contributed by atoms with Gasteiger partial charge in [-0.3, -0.25) is 0 Å². The van der Waals surface area contributed by atoms with Crippen molar-refractivity contribution in [3.63, 3.8) is 0 Å². The highest BCUT2D eigenvalue weighted by Crippen LogP contribution is 2.37. The van der Waals surface area contributed by atoms with Crippen molar-refractivity contribution in [1.82, 2.24) is 0 Å². The zero-order valence-corrected chi connectivity index (χ0v) is 13.3. The van der Waals surface area contributed by atoms with Gasteiger partial charge in [0.1, 0.15) is 0 Å². The van der Waals surface area contributed by atoms with E-state index in [1.54, 1.807) is 12.1 Å². The molecule has 1 saturated heterocycles. The molecule has 1 aromatic rings. The van der Waals surface area contributed by atoms with E-state index in [0.29, 0.717) is 17.2 Å². The Morgan fingerprint density at radius 3 is 2.55 bits per heavy atom. The first kappa shape index (κ1) is 15.7. The third-order valence-corrected chi connectivity index (χ3v) is 4.62. The number of hydrogen-bond donors (Lipinski definition) is 0. The number of anilines is 1. The van der Waals surface area contributed by atoms with Gasteiger partial charge in [0.2, 0.25) is 0 Å². The number of alkyl halides is 4. The molecule has 0 radical (unpaired) electrons. The van der Waals surface area contributed by atoms with Gasteiger partial charge in [-0.25, -0.2) is 0 Å². The molecule has 0 bridgehead atoms. The average molecular weight is 350 g/mol. The molecule has 1 aliphatic heterocycles. The van der Waals surface area contributed by atoms with Crippen LogP contribution < -0.4 is 4.90 Å². The van der Waals surface area contributed by atoms with E-state index in [0.717, 1.165) is 19.4 Å². The van der Waals surface area contributed by atoms with Gasteiger partial charge in [-0.05, 0) is 43.4 Å². The standard InChI is InChI=1S/C15H19BrF3N/c1-10-5-6-20(11(2)7-10)13-4-3-12(9-16)14(8-13)15(17,18)19/h3-4,8,10-11H,5-7,9H2,1-2H3. The Labute approximate surface area is 126 Å². The zero-order valence-electron chi connectivity index (χ0n) is 11.7. The van der Waals surface area contributed by atoms with Crippen molar-refractivity contribution >= 4 is 21.6 Å². The van der Waals surface area contributed by atoms with Crippen molar-refractivity contribution in [2.45, 2.75) is 44.2 Å². The predicted octanol–water partition coefficient (Wildman–Crippen LogP) is 5.23. The minimum absolute atomic E-state index is 0.217. The molecule has 2 rings (SSSR count). The number of benzene rings is 1. The Balaban J connectivity index is 2.34. The summed E-state index contributed by atoms with van der Waals surface area (Å²) in [5.74, 6) is 0.644. The average Bonchev–Trinajstić information content (AvgIpc) is 2.37. The molecule has 0 amide bonds. The molecule has 2 unspecified atom stereocenters. The molecule has 20 heavy (non-hydrogen) atoms. The smallest absolute Gasteiger partial charge is 0.369 e. The van der Waals surface area contributed by atoms with E-state index in [9.17, 15) is 13.2 Å². The number of halogens is 4. The van der Waals surface area contributed by atoms with Crippen LogP contribution in [0.2, 0.25) is 0 Å². The first-order chi connectivity index (χ1) is 9.32. The van der Waals surface area contributed by atoms with E-state index < -0.39 is 11.7 Å². The van der Waals surface area contributed by atoms with Crippen molar-refractivity contribution < 1.29 is 13.2 Å². The second kappa shape index (κ2) is 5.96. The maximum absolute atomic E-state index is 13.1. The van der Waals surface area contributed by atoms with Crippen LogP contribution in [0.3, 0.4) is 0 Å². The SMILES string of the molecule is CC1CCN(c2ccc(CBr)c(C(F)(F)F)c2)C(C)C1. The first-order valence-corrected chi connectivity index (χ1v) is 7.97. The minimum atomic E-state index is -4.30. The monoisotopic (exact) mass is 349 g/mol. The zero-order chi connectivity index (χ0) is 14.9. The Morgan fingerprint density at radius 1 is 1.30 bits per heavy atom. The summed E-state index contributed by atoms with van der Waals surface area (Å²) in [6.45, 7) is 5.11. The minimum Gasteiger partial charge on any atom is -0.369 e. The van der Waals surface area contributed by atoms with Crippen LogP contribution in [-0.4, -0.2) is 12.6 Å². The highest BCUT2D eigenvalue weighted by atomic mass is 79.9. The Morgan fingerprint density at radius 2 is 2.00 bits per heavy atom. The van der Waals surface area contributed by atoms with E-state index in [1.807, 2.05) is 0 Å². The van der Waals surface area contributed by atoms with Crippen LogP contribution in [0.1, 0.15) is 37.8 Å². The summed E-state index contributed by atoms with van der Waals surface area (Å²) in [7, 11) is 0. The maximum atomic E-state index is 13.1. The van der Waals surface area contributed by atoms with Crippen molar-refractivity contribution in [2.24, 2.45) is 5.92 Å². The Hall–Kier alpha value is -0.710. The van der Waals surface area contributed by atoms with Gasteiger partial charge in [0, 0.05) is 23.6 Å². The van der Waals surface area contributed by atoms with Crippen molar-refractivity contribution in [3.8, 4) is 0 Å². The fourth-order valence-corrected chi connectivity index (χ4v) is 3.40. The third-order valence-electron chi connectivity index (χ3n) is 4.01. The molecule has 0 saturated carbocycles. The lowest BCUT2D eigenvalue weighted by Crippen LogP contribution is -2.40. The number of piperidine rings is 1. The molecular weight excluding hydrogens is 331 g/mol. The Kier molecular flexibility index (Phi) is 4.67. The van der Waals surface area contributed by atoms with Gasteiger partial charge in [0.25, 0.3) is 0 Å². The summed E-state index contributed by atoms with van der Waals surface area (Å²) < 4.78 is 39.3. The van der Waals surface area contributed by atoms with Gasteiger partial charge in [0.05, 0.1) is 5.56 Å². The van der Waals surface area contributed by atoms with E-state index >= 15 is 0 Å². The predicted molar refractivity (Wildman–Crippen MR) is 79.3 cm³/mol. The van der Waals surface area contributed by atoms with Gasteiger partial charge in [-0.1, -0.05) is 28.9 Å². The molecular formula is C15H19BrF3N. The lowest BCUT2D eigenvalue weighted by atomic mass is 9.92. The quantitative estimate of drug-likeness (QED) is 0.661. The molecule has 1 fully saturated rings. The van der Waals surface area contributed by atoms with E-state index in [2.05, 4.69) is 34.7 Å². The summed E-state index contributed by atoms with van der Waals surface area (Å²) >= 11 is 3.13. The van der Waals surface area contributed by atoms with Crippen LogP contribution >= 0.6 is 15.9 Å². The fraction of sp³-hybridized carbons (Fsp3) is 0.600. The van der Waals surface area contributed by atoms with Gasteiger partial charge >= 0.3 is 6.18 Å². The fourth-order valence-electron chi connectivity index (χ4n) is 2.91. The topological polar surface area (TPSA) is 3.24 Å². The van der Waals surface area contributed by atoms with Gasteiger partial charge in [0.15, 0.2) is 0 Å². The second-order valence-electron chi connectivity index (χ2n) is 5.64. The highest BCUT2D eigenvalue weighted by Gasteiger charge is 2.34. The van der Waals surface area contributed by atoms with Crippen molar-refractivity contribution in [3.05, 3.63) is 29.3 Å². The normalized spacial score (nSPS) is 24.0. The number of nitrogens with zero attached hydrogens (tertiary/aromatic N) is 1. The molecule has 1 aromatic carbocycles. The van der Waals surface area contributed by atoms with Crippen molar-refractivity contribution in [1.29, 1.82) is 0 Å². The third kappa shape index (κ3) is 3.30. The van der Waals surface area contributed by atoms with E-state index in [-0.39, 0.29) is 11.4 Å². The molecule has 0 spiro atoms. The molecule has 112 valence electrons. The van der Waals surface area contributed by atoms with Crippen molar-refractivity contribution in [2.75, 3.05) is 11.4 Å². The summed E-state index contributed by atoms with van der Waals surface area (Å²) in [5.41, 5.74) is 0.443. The lowest BCUT2D eigenvalue weighted by molar-refractivity contribution is -0.138. The molecule has 0 aromatic heterocycles. The summed E-state index contributed by atoms with van der Waals surface area (Å²) in [4.78, 5) is 2.09. The van der Waals surface area contributed by atoms with Crippen LogP contribution in [0.4, 0.5) is 18.9 Å². The molecule has 1 heterocycles. The van der Waals surface area contributed by atoms with Crippen LogP contribution in [-0.2, 0) is 11.5 Å². The lowest BCUT2D eigenvalue weighted by Gasteiger charge is -2.38. The van der Waals surface area contributed by atoms with E-state index in [4.69, 9.17) is 0 Å². The summed E-state index contributed by atoms with van der Waals surface area (Å²) in [5, 5.41) is 0.217. The van der Waals surface area contributed by atoms with E-state index in [1.165, 1.54) is 6.07 Å². The molecule has 0 N–H and O–H groups in total. The van der Waals surface area contributed by atoms with Crippen LogP contribution in [0.5, 0.6) is 0 Å². The molecule has 1 aliphatic rings. The second-order valence-corrected chi connectivity index (χ2v) is 6.21. The molecule has 1 nitrogen and oxygen atoms in total. The largest absolute Gasteiger partial charge is 0.416 e. The number of rotatable bonds is 2. The highest BCUT2D eigenvalue weighted by molar-refractivity contribution is 9.08. The summed E-state index contributed by atoms with van der Waals surface area (Å²) in [6, 6.07) is 4.97. The number of hydrogen-bond acceptors (Lipinski definition) is 1. The summed E-state index contributed by atoms with van der Waals surface area (Å²) in [6.07, 6.45) is -2.24. The molecule has 5 heteroatoms. The van der Waals surface area contributed by atoms with Crippen LogP contribution in [0.25, 0.3) is 0 Å². The van der Waals surface area contributed by atoms with Gasteiger partial charge in [-0.2, -0.15) is 13.2 Å². The molecule has 2 atom stereocenters. The van der Waals surface area contributed by atoms with Crippen LogP contribution in [0, 0.1) is 5.92 Å². The van der Waals surface area contributed by atoms with Gasteiger partial charge < -0.3 is 4.90 Å². The first-order valence-electron chi connectivity index (χ1n) is 6.85. The molecule has 0 aliphatic carbocycles. The maximum Gasteiger partial charge on any atom is 0.416 e.